The fourth-order valence-electron chi connectivity index (χ4n) is 1.74. The van der Waals surface area contributed by atoms with Crippen LogP contribution in [-0.2, 0) is 0 Å². The third-order valence-corrected chi connectivity index (χ3v) is 4.68. The van der Waals surface area contributed by atoms with E-state index in [4.69, 9.17) is 0 Å². The lowest BCUT2D eigenvalue weighted by Gasteiger charge is -2.13. The molecule has 0 spiro atoms. The van der Waals surface area contributed by atoms with Gasteiger partial charge in [-0.15, -0.1) is 11.3 Å². The summed E-state index contributed by atoms with van der Waals surface area (Å²) in [5.41, 5.74) is 1.22. The van der Waals surface area contributed by atoms with Crippen LogP contribution < -0.4 is 0 Å². The van der Waals surface area contributed by atoms with E-state index in [1.54, 1.807) is 11.3 Å². The van der Waals surface area contributed by atoms with Gasteiger partial charge in [-0.1, -0.05) is 15.9 Å². The molecule has 15 heavy (non-hydrogen) atoms. The third-order valence-electron chi connectivity index (χ3n) is 2.79. The van der Waals surface area contributed by atoms with Gasteiger partial charge in [0.15, 0.2) is 0 Å². The van der Waals surface area contributed by atoms with Crippen LogP contribution in [0.25, 0.3) is 0 Å². The zero-order valence-corrected chi connectivity index (χ0v) is 11.3. The van der Waals surface area contributed by atoms with E-state index in [9.17, 15) is 4.79 Å². The molecule has 1 aliphatic rings. The molecule has 0 radical (unpaired) electrons. The largest absolute Gasteiger partial charge is 0.337 e. The van der Waals surface area contributed by atoms with E-state index in [1.807, 2.05) is 11.0 Å². The maximum absolute atomic E-state index is 12.1. The van der Waals surface area contributed by atoms with Crippen LogP contribution in [0.3, 0.4) is 0 Å². The van der Waals surface area contributed by atoms with Crippen LogP contribution in [0, 0.1) is 13.8 Å². The number of nitrogens with zero attached hydrogens (tertiary/aromatic N) is 1. The summed E-state index contributed by atoms with van der Waals surface area (Å²) in [6.07, 6.45) is 1.06. The van der Waals surface area contributed by atoms with E-state index >= 15 is 0 Å². The van der Waals surface area contributed by atoms with E-state index in [0.717, 1.165) is 24.4 Å². The molecule has 0 aromatic carbocycles. The number of thiophene rings is 1. The maximum Gasteiger partial charge on any atom is 0.263 e. The average Bonchev–Trinajstić information content (AvgIpc) is 2.74. The molecule has 1 fully saturated rings. The molecule has 1 unspecified atom stereocenters. The average molecular weight is 288 g/mol. The standard InChI is InChI=1S/C11H14BrNOS/c1-7-5-10(15-8(7)2)11(14)13-4-3-9(12)6-13/h5,9H,3-4,6H2,1-2H3. The van der Waals surface area contributed by atoms with Crippen LogP contribution in [0.4, 0.5) is 0 Å². The minimum atomic E-state index is 0.193. The van der Waals surface area contributed by atoms with E-state index < -0.39 is 0 Å². The highest BCUT2D eigenvalue weighted by atomic mass is 79.9. The van der Waals surface area contributed by atoms with Crippen molar-refractivity contribution in [2.24, 2.45) is 0 Å². The number of rotatable bonds is 1. The Morgan fingerprint density at radius 3 is 2.80 bits per heavy atom. The Morgan fingerprint density at radius 1 is 1.60 bits per heavy atom. The Balaban J connectivity index is 2.14. The van der Waals surface area contributed by atoms with Gasteiger partial charge in [-0.05, 0) is 31.9 Å². The van der Waals surface area contributed by atoms with Crippen molar-refractivity contribution in [2.75, 3.05) is 13.1 Å². The molecule has 1 aromatic heterocycles. The van der Waals surface area contributed by atoms with Crippen molar-refractivity contribution in [3.63, 3.8) is 0 Å². The van der Waals surface area contributed by atoms with Gasteiger partial charge in [-0.2, -0.15) is 0 Å². The van der Waals surface area contributed by atoms with Gasteiger partial charge in [0.1, 0.15) is 0 Å². The van der Waals surface area contributed by atoms with Crippen molar-refractivity contribution in [1.29, 1.82) is 0 Å². The fourth-order valence-corrected chi connectivity index (χ4v) is 3.29. The normalized spacial score (nSPS) is 21.0. The van der Waals surface area contributed by atoms with Crippen LogP contribution in [-0.4, -0.2) is 28.7 Å². The molecule has 1 atom stereocenters. The molecule has 0 aliphatic carbocycles. The first kappa shape index (κ1) is 11.1. The summed E-state index contributed by atoms with van der Waals surface area (Å²) >= 11 is 5.15. The van der Waals surface area contributed by atoms with Crippen molar-refractivity contribution in [3.8, 4) is 0 Å². The highest BCUT2D eigenvalue weighted by Gasteiger charge is 2.26. The van der Waals surface area contributed by atoms with Gasteiger partial charge in [0, 0.05) is 22.8 Å². The number of aryl methyl sites for hydroxylation is 2. The summed E-state index contributed by atoms with van der Waals surface area (Å²) in [5, 5.41) is 0. The Hall–Kier alpha value is -0.350. The number of halogens is 1. The highest BCUT2D eigenvalue weighted by Crippen LogP contribution is 2.25. The summed E-state index contributed by atoms with van der Waals surface area (Å²) in [6.45, 7) is 5.84. The van der Waals surface area contributed by atoms with Gasteiger partial charge in [-0.3, -0.25) is 4.79 Å². The van der Waals surface area contributed by atoms with E-state index in [-0.39, 0.29) is 5.91 Å². The SMILES string of the molecule is Cc1cc(C(=O)N2CCC(Br)C2)sc1C. The van der Waals surface area contributed by atoms with Crippen LogP contribution in [0.2, 0.25) is 0 Å². The van der Waals surface area contributed by atoms with Crippen molar-refractivity contribution < 1.29 is 4.79 Å². The van der Waals surface area contributed by atoms with E-state index in [2.05, 4.69) is 29.8 Å². The molecular weight excluding hydrogens is 274 g/mol. The van der Waals surface area contributed by atoms with Gasteiger partial charge in [0.2, 0.25) is 0 Å². The predicted molar refractivity (Wildman–Crippen MR) is 67.0 cm³/mol. The monoisotopic (exact) mass is 287 g/mol. The Labute approximate surface area is 102 Å². The first-order chi connectivity index (χ1) is 7.08. The zero-order chi connectivity index (χ0) is 11.0. The van der Waals surface area contributed by atoms with Crippen LogP contribution in [0.15, 0.2) is 6.07 Å². The third kappa shape index (κ3) is 2.26. The smallest absolute Gasteiger partial charge is 0.263 e. The fraction of sp³-hybridized carbons (Fsp3) is 0.545. The lowest BCUT2D eigenvalue weighted by molar-refractivity contribution is 0.0798. The second-order valence-electron chi connectivity index (χ2n) is 3.99. The molecule has 0 N–H and O–H groups in total. The van der Waals surface area contributed by atoms with Gasteiger partial charge >= 0.3 is 0 Å². The van der Waals surface area contributed by atoms with Gasteiger partial charge in [0.05, 0.1) is 4.88 Å². The predicted octanol–water partition coefficient (Wildman–Crippen LogP) is 2.97. The summed E-state index contributed by atoms with van der Waals surface area (Å²) in [4.78, 5) is 16.6. The zero-order valence-electron chi connectivity index (χ0n) is 8.92. The molecule has 0 bridgehead atoms. The molecule has 1 amide bonds. The molecule has 4 heteroatoms. The maximum atomic E-state index is 12.1. The number of hydrogen-bond acceptors (Lipinski definition) is 2. The Bertz CT molecular complexity index is 368. The molecule has 2 heterocycles. The number of amides is 1. The molecule has 1 aromatic rings. The second kappa shape index (κ2) is 4.26. The number of carbonyl (C=O) groups is 1. The summed E-state index contributed by atoms with van der Waals surface area (Å²) in [7, 11) is 0. The molecule has 1 saturated heterocycles. The summed E-state index contributed by atoms with van der Waals surface area (Å²) < 4.78 is 0. The van der Waals surface area contributed by atoms with Gasteiger partial charge in [-0.25, -0.2) is 0 Å². The van der Waals surface area contributed by atoms with Crippen molar-refractivity contribution >= 4 is 33.2 Å². The van der Waals surface area contributed by atoms with E-state index in [0.29, 0.717) is 4.83 Å². The molecule has 2 nitrogen and oxygen atoms in total. The van der Waals surface area contributed by atoms with Crippen molar-refractivity contribution in [2.45, 2.75) is 25.1 Å². The van der Waals surface area contributed by atoms with Crippen molar-refractivity contribution in [3.05, 3.63) is 21.4 Å². The first-order valence-electron chi connectivity index (χ1n) is 5.08. The molecule has 2 rings (SSSR count). The van der Waals surface area contributed by atoms with Crippen LogP contribution in [0.5, 0.6) is 0 Å². The van der Waals surface area contributed by atoms with E-state index in [1.165, 1.54) is 10.4 Å². The van der Waals surface area contributed by atoms with Gasteiger partial charge < -0.3 is 4.90 Å². The number of likely N-dealkylation sites (tertiary alicyclic amines) is 1. The molecule has 0 saturated carbocycles. The lowest BCUT2D eigenvalue weighted by atomic mass is 10.3. The molecule has 1 aliphatic heterocycles. The Morgan fingerprint density at radius 2 is 2.33 bits per heavy atom. The summed E-state index contributed by atoms with van der Waals surface area (Å²) in [6, 6.07) is 2.00. The number of alkyl halides is 1. The number of carbonyl (C=O) groups excluding carboxylic acids is 1. The van der Waals surface area contributed by atoms with Crippen molar-refractivity contribution in [1.82, 2.24) is 4.90 Å². The topological polar surface area (TPSA) is 20.3 Å². The van der Waals surface area contributed by atoms with Crippen LogP contribution in [0.1, 0.15) is 26.5 Å². The summed E-state index contributed by atoms with van der Waals surface area (Å²) in [5.74, 6) is 0.193. The van der Waals surface area contributed by atoms with Gasteiger partial charge in [0.25, 0.3) is 5.91 Å². The lowest BCUT2D eigenvalue weighted by Crippen LogP contribution is -2.28. The first-order valence-corrected chi connectivity index (χ1v) is 6.81. The quantitative estimate of drug-likeness (QED) is 0.728. The van der Waals surface area contributed by atoms with Crippen LogP contribution >= 0.6 is 27.3 Å². The highest BCUT2D eigenvalue weighted by molar-refractivity contribution is 9.09. The molecular formula is C11H14BrNOS. The second-order valence-corrected chi connectivity index (χ2v) is 6.54. The number of hydrogen-bond donors (Lipinski definition) is 0. The minimum Gasteiger partial charge on any atom is -0.337 e. The Kier molecular flexibility index (Phi) is 3.16. The minimum absolute atomic E-state index is 0.193. The molecule has 82 valence electrons.